The monoisotopic (exact) mass is 499 g/mol. The van der Waals surface area contributed by atoms with Gasteiger partial charge in [0.1, 0.15) is 29.7 Å². The maximum atomic E-state index is 13.6. The molecule has 2 aromatic heterocycles. The lowest BCUT2D eigenvalue weighted by Gasteiger charge is -2.10. The van der Waals surface area contributed by atoms with Crippen LogP contribution in [0.1, 0.15) is 0 Å². The number of benzene rings is 3. The Kier molecular flexibility index (Phi) is 7.16. The third-order valence-corrected chi connectivity index (χ3v) is 5.17. The first-order chi connectivity index (χ1) is 18.1. The van der Waals surface area contributed by atoms with Crippen LogP contribution in [0.15, 0.2) is 91.0 Å². The summed E-state index contributed by atoms with van der Waals surface area (Å²) in [5.74, 6) is 1.99. The van der Waals surface area contributed by atoms with E-state index in [9.17, 15) is 9.18 Å². The summed E-state index contributed by atoms with van der Waals surface area (Å²) >= 11 is 0. The Labute approximate surface area is 211 Å². The molecule has 37 heavy (non-hydrogen) atoms. The van der Waals surface area contributed by atoms with Gasteiger partial charge < -0.3 is 19.5 Å². The SMILES string of the molecule is O=C(COc1ccc(Oc2ccccc2)cc1)NCCOc1ccc2nnc(-c3cccc(F)c3)n2n1. The lowest BCUT2D eigenvalue weighted by atomic mass is 10.2. The number of carbonyl (C=O) groups excluding carboxylic acids is 1. The molecule has 0 fully saturated rings. The Morgan fingerprint density at radius 2 is 1.62 bits per heavy atom. The number of nitrogens with one attached hydrogen (secondary N) is 1. The van der Waals surface area contributed by atoms with E-state index in [4.69, 9.17) is 14.2 Å². The zero-order valence-corrected chi connectivity index (χ0v) is 19.6. The summed E-state index contributed by atoms with van der Waals surface area (Å²) in [5.41, 5.74) is 1.04. The van der Waals surface area contributed by atoms with Crippen LogP contribution in [0, 0.1) is 5.82 Å². The molecule has 1 N–H and O–H groups in total. The molecule has 0 spiro atoms. The van der Waals surface area contributed by atoms with Gasteiger partial charge in [0.25, 0.3) is 5.91 Å². The highest BCUT2D eigenvalue weighted by atomic mass is 19.1. The normalized spacial score (nSPS) is 10.7. The van der Waals surface area contributed by atoms with Crippen LogP contribution in [0.2, 0.25) is 0 Å². The molecular weight excluding hydrogens is 477 g/mol. The van der Waals surface area contributed by atoms with Crippen molar-refractivity contribution in [1.29, 1.82) is 0 Å². The largest absolute Gasteiger partial charge is 0.484 e. The maximum absolute atomic E-state index is 13.6. The molecule has 1 amide bonds. The summed E-state index contributed by atoms with van der Waals surface area (Å²) in [6, 6.07) is 25.8. The summed E-state index contributed by atoms with van der Waals surface area (Å²) in [5, 5.41) is 15.2. The van der Waals surface area contributed by atoms with Crippen LogP contribution >= 0.6 is 0 Å². The molecule has 0 aliphatic heterocycles. The number of carbonyl (C=O) groups is 1. The summed E-state index contributed by atoms with van der Waals surface area (Å²) in [6.45, 7) is 0.304. The number of hydrogen-bond donors (Lipinski definition) is 1. The zero-order chi connectivity index (χ0) is 25.5. The highest BCUT2D eigenvalue weighted by Crippen LogP contribution is 2.23. The fraction of sp³-hybridized carbons (Fsp3) is 0.111. The predicted molar refractivity (Wildman–Crippen MR) is 133 cm³/mol. The molecule has 0 aliphatic carbocycles. The Bertz CT molecular complexity index is 1490. The molecule has 5 aromatic rings. The molecule has 5 rings (SSSR count). The lowest BCUT2D eigenvalue weighted by molar-refractivity contribution is -0.123. The van der Waals surface area contributed by atoms with Crippen molar-refractivity contribution in [3.05, 3.63) is 96.8 Å². The Balaban J connectivity index is 1.07. The predicted octanol–water partition coefficient (Wildman–Crippen LogP) is 4.30. The smallest absolute Gasteiger partial charge is 0.258 e. The van der Waals surface area contributed by atoms with E-state index in [-0.39, 0.29) is 31.5 Å². The van der Waals surface area contributed by atoms with Gasteiger partial charge in [-0.25, -0.2) is 4.39 Å². The van der Waals surface area contributed by atoms with Gasteiger partial charge in [-0.1, -0.05) is 30.3 Å². The number of halogens is 1. The van der Waals surface area contributed by atoms with E-state index in [0.29, 0.717) is 34.4 Å². The van der Waals surface area contributed by atoms with Gasteiger partial charge in [-0.2, -0.15) is 4.52 Å². The van der Waals surface area contributed by atoms with Crippen molar-refractivity contribution in [3.63, 3.8) is 0 Å². The molecule has 0 saturated carbocycles. The Morgan fingerprint density at radius 3 is 2.43 bits per heavy atom. The van der Waals surface area contributed by atoms with Gasteiger partial charge in [0.05, 0.1) is 6.54 Å². The fourth-order valence-corrected chi connectivity index (χ4v) is 3.43. The molecular formula is C27H22FN5O4. The van der Waals surface area contributed by atoms with Crippen molar-refractivity contribution >= 4 is 11.6 Å². The van der Waals surface area contributed by atoms with Crippen molar-refractivity contribution in [2.75, 3.05) is 19.8 Å². The molecule has 0 bridgehead atoms. The van der Waals surface area contributed by atoms with E-state index in [1.54, 1.807) is 48.5 Å². The zero-order valence-electron chi connectivity index (χ0n) is 19.6. The van der Waals surface area contributed by atoms with Crippen LogP contribution in [0.5, 0.6) is 23.1 Å². The average Bonchev–Trinajstić information content (AvgIpc) is 3.35. The third kappa shape index (κ3) is 6.17. The minimum Gasteiger partial charge on any atom is -0.484 e. The van der Waals surface area contributed by atoms with Gasteiger partial charge in [-0.05, 0) is 54.6 Å². The second-order valence-corrected chi connectivity index (χ2v) is 7.85. The number of amides is 1. The molecule has 0 atom stereocenters. The van der Waals surface area contributed by atoms with Crippen molar-refractivity contribution < 1.29 is 23.4 Å². The van der Waals surface area contributed by atoms with Gasteiger partial charge >= 0.3 is 0 Å². The highest BCUT2D eigenvalue weighted by molar-refractivity contribution is 5.77. The van der Waals surface area contributed by atoms with E-state index in [2.05, 4.69) is 20.6 Å². The molecule has 3 aromatic carbocycles. The number of fused-ring (bicyclic) bond motifs is 1. The van der Waals surface area contributed by atoms with Crippen molar-refractivity contribution in [2.45, 2.75) is 0 Å². The van der Waals surface area contributed by atoms with Crippen LogP contribution in [0.4, 0.5) is 4.39 Å². The van der Waals surface area contributed by atoms with Crippen LogP contribution in [0.3, 0.4) is 0 Å². The Morgan fingerprint density at radius 1 is 0.838 bits per heavy atom. The molecule has 186 valence electrons. The topological polar surface area (TPSA) is 99.9 Å². The summed E-state index contributed by atoms with van der Waals surface area (Å²) in [4.78, 5) is 12.1. The second-order valence-electron chi connectivity index (χ2n) is 7.85. The molecule has 0 radical (unpaired) electrons. The van der Waals surface area contributed by atoms with Gasteiger partial charge in [-0.15, -0.1) is 15.3 Å². The maximum Gasteiger partial charge on any atom is 0.258 e. The molecule has 2 heterocycles. The first kappa shape index (κ1) is 23.7. The van der Waals surface area contributed by atoms with E-state index >= 15 is 0 Å². The number of aromatic nitrogens is 4. The summed E-state index contributed by atoms with van der Waals surface area (Å²) in [7, 11) is 0. The molecule has 0 unspecified atom stereocenters. The van der Waals surface area contributed by atoms with E-state index in [1.165, 1.54) is 16.6 Å². The number of ether oxygens (including phenoxy) is 3. The quantitative estimate of drug-likeness (QED) is 0.286. The minimum absolute atomic E-state index is 0.138. The van der Waals surface area contributed by atoms with Crippen molar-refractivity contribution in [3.8, 4) is 34.5 Å². The van der Waals surface area contributed by atoms with Gasteiger partial charge in [0.2, 0.25) is 5.88 Å². The molecule has 9 nitrogen and oxygen atoms in total. The first-order valence-electron chi connectivity index (χ1n) is 11.5. The number of hydrogen-bond acceptors (Lipinski definition) is 7. The average molecular weight is 500 g/mol. The van der Waals surface area contributed by atoms with Crippen molar-refractivity contribution in [2.24, 2.45) is 0 Å². The van der Waals surface area contributed by atoms with Crippen LogP contribution in [-0.4, -0.2) is 45.5 Å². The summed E-state index contributed by atoms with van der Waals surface area (Å²) < 4.78 is 32.0. The third-order valence-electron chi connectivity index (χ3n) is 5.17. The second kappa shape index (κ2) is 11.2. The highest BCUT2D eigenvalue weighted by Gasteiger charge is 2.11. The summed E-state index contributed by atoms with van der Waals surface area (Å²) in [6.07, 6.45) is 0. The standard InChI is InChI=1S/C27H22FN5O4/c28-20-6-4-5-19(17-20)27-31-30-24-13-14-26(32-33(24)27)35-16-15-29-25(34)18-36-21-9-11-23(12-10-21)37-22-7-2-1-3-8-22/h1-14,17H,15-16,18H2,(H,29,34). The lowest BCUT2D eigenvalue weighted by Crippen LogP contribution is -2.32. The number of para-hydroxylation sites is 1. The molecule has 10 heteroatoms. The Hall–Kier alpha value is -4.99. The minimum atomic E-state index is -0.379. The van der Waals surface area contributed by atoms with E-state index in [1.807, 2.05) is 30.3 Å². The van der Waals surface area contributed by atoms with Gasteiger partial charge in [0, 0.05) is 11.6 Å². The fourth-order valence-electron chi connectivity index (χ4n) is 3.43. The van der Waals surface area contributed by atoms with Crippen LogP contribution in [0.25, 0.3) is 17.0 Å². The van der Waals surface area contributed by atoms with E-state index < -0.39 is 0 Å². The van der Waals surface area contributed by atoms with Crippen molar-refractivity contribution in [1.82, 2.24) is 25.1 Å². The van der Waals surface area contributed by atoms with Gasteiger partial charge in [-0.3, -0.25) is 4.79 Å². The molecule has 0 saturated heterocycles. The first-order valence-corrected chi connectivity index (χ1v) is 11.5. The molecule has 0 aliphatic rings. The van der Waals surface area contributed by atoms with Crippen LogP contribution in [-0.2, 0) is 4.79 Å². The number of rotatable bonds is 10. The van der Waals surface area contributed by atoms with E-state index in [0.717, 1.165) is 5.75 Å². The van der Waals surface area contributed by atoms with Gasteiger partial charge in [0.15, 0.2) is 18.1 Å². The number of nitrogens with zero attached hydrogens (tertiary/aromatic N) is 4. The van der Waals surface area contributed by atoms with Crippen LogP contribution < -0.4 is 19.5 Å².